The number of anilines is 1. The summed E-state index contributed by atoms with van der Waals surface area (Å²) in [6.07, 6.45) is 3.36. The number of hydrogen-bond donors (Lipinski definition) is 2. The van der Waals surface area contributed by atoms with Gasteiger partial charge in [0.1, 0.15) is 0 Å². The summed E-state index contributed by atoms with van der Waals surface area (Å²) in [4.78, 5) is 27.7. The largest absolute Gasteiger partial charge is 0.337 e. The van der Waals surface area contributed by atoms with Crippen molar-refractivity contribution in [2.45, 2.75) is 12.8 Å². The fourth-order valence-electron chi connectivity index (χ4n) is 3.24. The van der Waals surface area contributed by atoms with Gasteiger partial charge in [-0.05, 0) is 30.4 Å². The summed E-state index contributed by atoms with van der Waals surface area (Å²) in [7, 11) is 0. The third-order valence-corrected chi connectivity index (χ3v) is 5.40. The number of piperidine rings is 1. The zero-order valence-corrected chi connectivity index (χ0v) is 14.4. The number of carbonyl (C=O) groups is 2. The number of fused-ring (bicyclic) bond motifs is 1. The number of aromatic nitrogens is 2. The Kier molecular flexibility index (Phi) is 4.23. The van der Waals surface area contributed by atoms with Gasteiger partial charge in [-0.3, -0.25) is 14.7 Å². The number of nitrogens with one attached hydrogen (secondary N) is 2. The van der Waals surface area contributed by atoms with Crippen LogP contribution in [0.15, 0.2) is 41.9 Å². The van der Waals surface area contributed by atoms with Gasteiger partial charge in [0.05, 0.1) is 28.2 Å². The highest BCUT2D eigenvalue weighted by atomic mass is 32.1. The fourth-order valence-corrected chi connectivity index (χ4v) is 3.93. The van der Waals surface area contributed by atoms with Crippen molar-refractivity contribution in [1.82, 2.24) is 15.1 Å². The third-order valence-electron chi connectivity index (χ3n) is 4.55. The Morgan fingerprint density at radius 1 is 1.28 bits per heavy atom. The summed E-state index contributed by atoms with van der Waals surface area (Å²) >= 11 is 1.44. The van der Waals surface area contributed by atoms with Crippen LogP contribution >= 0.6 is 11.3 Å². The Morgan fingerprint density at radius 2 is 2.20 bits per heavy atom. The average molecular weight is 354 g/mol. The molecular formula is C18H18N4O2S. The van der Waals surface area contributed by atoms with Gasteiger partial charge in [0.15, 0.2) is 0 Å². The predicted molar refractivity (Wildman–Crippen MR) is 97.7 cm³/mol. The Morgan fingerprint density at radius 3 is 3.04 bits per heavy atom. The maximum atomic E-state index is 12.7. The highest BCUT2D eigenvalue weighted by molar-refractivity contribution is 7.12. The number of amides is 2. The van der Waals surface area contributed by atoms with Crippen molar-refractivity contribution < 1.29 is 9.59 Å². The maximum Gasteiger partial charge on any atom is 0.263 e. The van der Waals surface area contributed by atoms with Crippen molar-refractivity contribution in [2.75, 3.05) is 18.4 Å². The second-order valence-electron chi connectivity index (χ2n) is 6.20. The minimum atomic E-state index is -0.198. The van der Waals surface area contributed by atoms with Gasteiger partial charge in [0.25, 0.3) is 5.91 Å². The normalized spacial score (nSPS) is 17.6. The first-order valence-corrected chi connectivity index (χ1v) is 9.16. The minimum absolute atomic E-state index is 0.0168. The van der Waals surface area contributed by atoms with E-state index in [0.717, 1.165) is 34.3 Å². The van der Waals surface area contributed by atoms with Crippen molar-refractivity contribution in [3.05, 3.63) is 46.8 Å². The Hall–Kier alpha value is -2.67. The van der Waals surface area contributed by atoms with E-state index in [0.29, 0.717) is 13.1 Å². The van der Waals surface area contributed by atoms with Crippen molar-refractivity contribution in [2.24, 2.45) is 5.92 Å². The zero-order valence-electron chi connectivity index (χ0n) is 13.6. The van der Waals surface area contributed by atoms with E-state index in [9.17, 15) is 9.59 Å². The summed E-state index contributed by atoms with van der Waals surface area (Å²) in [5.41, 5.74) is 1.54. The number of nitrogens with zero attached hydrogens (tertiary/aromatic N) is 2. The second-order valence-corrected chi connectivity index (χ2v) is 7.14. The van der Waals surface area contributed by atoms with Crippen LogP contribution in [0.2, 0.25) is 0 Å². The van der Waals surface area contributed by atoms with Gasteiger partial charge >= 0.3 is 0 Å². The molecule has 0 bridgehead atoms. The molecule has 0 saturated carbocycles. The van der Waals surface area contributed by atoms with Crippen LogP contribution in [-0.2, 0) is 4.79 Å². The van der Waals surface area contributed by atoms with Crippen LogP contribution in [0.3, 0.4) is 0 Å². The van der Waals surface area contributed by atoms with Gasteiger partial charge in [-0.1, -0.05) is 18.2 Å². The molecule has 1 aliphatic rings. The van der Waals surface area contributed by atoms with E-state index in [4.69, 9.17) is 0 Å². The highest BCUT2D eigenvalue weighted by Gasteiger charge is 2.29. The molecule has 0 spiro atoms. The Labute approximate surface area is 148 Å². The van der Waals surface area contributed by atoms with Crippen LogP contribution in [0.4, 0.5) is 5.69 Å². The lowest BCUT2D eigenvalue weighted by Gasteiger charge is -2.31. The number of thiophene rings is 1. The number of para-hydroxylation sites is 1. The first kappa shape index (κ1) is 15.8. The molecule has 2 aromatic heterocycles. The van der Waals surface area contributed by atoms with Gasteiger partial charge < -0.3 is 10.2 Å². The molecule has 4 rings (SSSR count). The van der Waals surface area contributed by atoms with Gasteiger partial charge in [-0.25, -0.2) is 0 Å². The van der Waals surface area contributed by atoms with E-state index in [1.54, 1.807) is 11.1 Å². The molecule has 1 aromatic carbocycles. The molecule has 0 unspecified atom stereocenters. The lowest BCUT2D eigenvalue weighted by Crippen LogP contribution is -2.43. The van der Waals surface area contributed by atoms with E-state index in [1.165, 1.54) is 11.3 Å². The number of H-pyrrole nitrogens is 1. The van der Waals surface area contributed by atoms with Gasteiger partial charge in [-0.2, -0.15) is 5.10 Å². The zero-order chi connectivity index (χ0) is 17.2. The molecule has 25 heavy (non-hydrogen) atoms. The number of likely N-dealkylation sites (tertiary alicyclic amines) is 1. The van der Waals surface area contributed by atoms with Crippen molar-refractivity contribution in [3.8, 4) is 0 Å². The van der Waals surface area contributed by atoms with Crippen LogP contribution in [0, 0.1) is 5.92 Å². The molecule has 3 heterocycles. The topological polar surface area (TPSA) is 78.1 Å². The number of hydrogen-bond acceptors (Lipinski definition) is 4. The molecule has 0 radical (unpaired) electrons. The number of benzene rings is 1. The van der Waals surface area contributed by atoms with E-state index in [2.05, 4.69) is 15.5 Å². The first-order chi connectivity index (χ1) is 12.2. The molecule has 1 atom stereocenters. The maximum absolute atomic E-state index is 12.7. The van der Waals surface area contributed by atoms with Crippen LogP contribution < -0.4 is 5.32 Å². The number of rotatable bonds is 3. The van der Waals surface area contributed by atoms with Crippen molar-refractivity contribution >= 4 is 39.7 Å². The molecule has 2 amide bonds. The quantitative estimate of drug-likeness (QED) is 0.758. The third kappa shape index (κ3) is 3.15. The second kappa shape index (κ2) is 6.68. The van der Waals surface area contributed by atoms with E-state index in [-0.39, 0.29) is 17.7 Å². The molecule has 6 nitrogen and oxygen atoms in total. The summed E-state index contributed by atoms with van der Waals surface area (Å²) < 4.78 is 0. The van der Waals surface area contributed by atoms with Gasteiger partial charge in [0.2, 0.25) is 5.91 Å². The van der Waals surface area contributed by atoms with Gasteiger partial charge in [0, 0.05) is 18.5 Å². The molecule has 128 valence electrons. The lowest BCUT2D eigenvalue weighted by molar-refractivity contribution is -0.121. The molecule has 1 aliphatic heterocycles. The standard InChI is InChI=1S/C18H18N4O2S/c23-17(20-14-6-1-4-12-10-19-21-16(12)14)13-5-2-8-22(11-13)18(24)15-7-3-9-25-15/h1,3-4,6-7,9-10,13H,2,5,8,11H2,(H,19,21)(H,20,23)/t13-/m0/s1. The van der Waals surface area contributed by atoms with Crippen LogP contribution in [0.1, 0.15) is 22.5 Å². The Balaban J connectivity index is 1.47. The van der Waals surface area contributed by atoms with E-state index >= 15 is 0 Å². The first-order valence-electron chi connectivity index (χ1n) is 8.28. The molecule has 1 fully saturated rings. The number of aromatic amines is 1. The van der Waals surface area contributed by atoms with Crippen molar-refractivity contribution in [1.29, 1.82) is 0 Å². The Bertz CT molecular complexity index is 903. The van der Waals surface area contributed by atoms with Crippen LogP contribution in [-0.4, -0.2) is 40.0 Å². The molecule has 7 heteroatoms. The summed E-state index contributed by atoms with van der Waals surface area (Å²) in [5, 5.41) is 12.8. The van der Waals surface area contributed by atoms with Crippen LogP contribution in [0.5, 0.6) is 0 Å². The van der Waals surface area contributed by atoms with Crippen molar-refractivity contribution in [3.63, 3.8) is 0 Å². The van der Waals surface area contributed by atoms with E-state index in [1.807, 2.05) is 35.7 Å². The SMILES string of the molecule is O=C(Nc1cccc2cn[nH]c12)[C@H]1CCCN(C(=O)c2cccs2)C1. The van der Waals surface area contributed by atoms with Crippen LogP contribution in [0.25, 0.3) is 10.9 Å². The molecule has 1 saturated heterocycles. The van der Waals surface area contributed by atoms with E-state index < -0.39 is 0 Å². The fraction of sp³-hybridized carbons (Fsp3) is 0.278. The molecule has 2 N–H and O–H groups in total. The average Bonchev–Trinajstić information content (AvgIpc) is 3.33. The summed E-state index contributed by atoms with van der Waals surface area (Å²) in [5.74, 6) is -0.232. The lowest BCUT2D eigenvalue weighted by atomic mass is 9.96. The van der Waals surface area contributed by atoms with Gasteiger partial charge in [-0.15, -0.1) is 11.3 Å². The highest BCUT2D eigenvalue weighted by Crippen LogP contribution is 2.24. The summed E-state index contributed by atoms with van der Waals surface area (Å²) in [6.45, 7) is 1.16. The molecule has 3 aromatic rings. The smallest absolute Gasteiger partial charge is 0.263 e. The summed E-state index contributed by atoms with van der Waals surface area (Å²) in [6, 6.07) is 9.39. The number of carbonyl (C=O) groups excluding carboxylic acids is 2. The molecular weight excluding hydrogens is 336 g/mol. The molecule has 0 aliphatic carbocycles. The monoisotopic (exact) mass is 354 g/mol. The minimum Gasteiger partial charge on any atom is -0.337 e. The predicted octanol–water partition coefficient (Wildman–Crippen LogP) is 3.12.